The van der Waals surface area contributed by atoms with Crippen LogP contribution in [0, 0.1) is 0 Å². The first-order chi connectivity index (χ1) is 12.1. The number of aromatic nitrogens is 2. The van der Waals surface area contributed by atoms with Gasteiger partial charge in [-0.1, -0.05) is 62.3 Å². The highest BCUT2D eigenvalue weighted by Gasteiger charge is 2.36. The fourth-order valence-electron chi connectivity index (χ4n) is 4.58. The van der Waals surface area contributed by atoms with Crippen LogP contribution in [0.3, 0.4) is 0 Å². The lowest BCUT2D eigenvalue weighted by atomic mass is 10.1. The predicted octanol–water partition coefficient (Wildman–Crippen LogP) is 7.01. The van der Waals surface area contributed by atoms with Gasteiger partial charge in [0.05, 0.1) is 0 Å². The van der Waals surface area contributed by atoms with E-state index in [0.717, 1.165) is 6.54 Å². The van der Waals surface area contributed by atoms with Crippen molar-refractivity contribution in [2.75, 3.05) is 0 Å². The van der Waals surface area contributed by atoms with Crippen LogP contribution in [0.2, 0.25) is 0 Å². The summed E-state index contributed by atoms with van der Waals surface area (Å²) in [4.78, 5) is 0. The molecule has 148 valence electrons. The normalized spacial score (nSPS) is 14.8. The third kappa shape index (κ3) is 3.93. The molecule has 0 aliphatic rings. The van der Waals surface area contributed by atoms with Crippen molar-refractivity contribution in [2.45, 2.75) is 96.4 Å². The molecule has 26 heavy (non-hydrogen) atoms. The van der Waals surface area contributed by atoms with Gasteiger partial charge in [0.1, 0.15) is 0 Å². The molecular formula is C23H40N2S. The highest BCUT2D eigenvalue weighted by atomic mass is 32.3. The molecule has 2 nitrogen and oxygen atoms in total. The van der Waals surface area contributed by atoms with E-state index in [4.69, 9.17) is 0 Å². The second kappa shape index (κ2) is 8.29. The lowest BCUT2D eigenvalue weighted by Crippen LogP contribution is -2.33. The summed E-state index contributed by atoms with van der Waals surface area (Å²) in [7, 11) is -0.908. The molecule has 1 atom stereocenters. The molecule has 0 amide bonds. The average Bonchev–Trinajstić information content (AvgIpc) is 3.16. The molecule has 0 aliphatic carbocycles. The van der Waals surface area contributed by atoms with E-state index in [1.807, 2.05) is 0 Å². The van der Waals surface area contributed by atoms with E-state index in [-0.39, 0.29) is 0 Å². The Bertz CT molecular complexity index is 669. The molecule has 2 heterocycles. The summed E-state index contributed by atoms with van der Waals surface area (Å²) in [5, 5.41) is 2.03. The van der Waals surface area contributed by atoms with E-state index in [0.29, 0.717) is 27.6 Å². The van der Waals surface area contributed by atoms with Crippen LogP contribution in [0.4, 0.5) is 0 Å². The summed E-state index contributed by atoms with van der Waals surface area (Å²) in [6.07, 6.45) is 9.35. The topological polar surface area (TPSA) is 9.86 Å². The maximum absolute atomic E-state index is 2.61. The van der Waals surface area contributed by atoms with Crippen molar-refractivity contribution in [3.05, 3.63) is 48.0 Å². The Morgan fingerprint density at radius 1 is 0.731 bits per heavy atom. The number of nitrogens with zero attached hydrogens (tertiary/aromatic N) is 2. The molecule has 1 unspecified atom stereocenters. The molecule has 2 aromatic heterocycles. The lowest BCUT2D eigenvalue weighted by molar-refractivity contribution is 0.598. The standard InChI is InChI=1S/C23H40N2S/c1-17(2)22-10-12-24(15-22)14-21(9)23-11-13-25(16-23)26(18(3)4,19(5)6)20(7)8/h10-13,15-21H,14H2,1-9H3. The van der Waals surface area contributed by atoms with Crippen molar-refractivity contribution in [1.82, 2.24) is 8.54 Å². The maximum Gasteiger partial charge on any atom is 0.0286 e. The smallest absolute Gasteiger partial charge is 0.0286 e. The van der Waals surface area contributed by atoms with Crippen LogP contribution in [0.1, 0.15) is 85.3 Å². The van der Waals surface area contributed by atoms with Crippen molar-refractivity contribution in [3.8, 4) is 0 Å². The number of rotatable bonds is 8. The summed E-state index contributed by atoms with van der Waals surface area (Å²) in [6.45, 7) is 22.4. The fraction of sp³-hybridized carbons (Fsp3) is 0.652. The van der Waals surface area contributed by atoms with Crippen LogP contribution in [0.5, 0.6) is 0 Å². The van der Waals surface area contributed by atoms with Gasteiger partial charge in [-0.25, -0.2) is 0 Å². The molecule has 3 heteroatoms. The van der Waals surface area contributed by atoms with Crippen molar-refractivity contribution in [3.63, 3.8) is 0 Å². The van der Waals surface area contributed by atoms with Crippen molar-refractivity contribution < 1.29 is 0 Å². The Morgan fingerprint density at radius 3 is 1.73 bits per heavy atom. The van der Waals surface area contributed by atoms with Gasteiger partial charge >= 0.3 is 0 Å². The second-order valence-electron chi connectivity index (χ2n) is 8.87. The van der Waals surface area contributed by atoms with Gasteiger partial charge in [-0.05, 0) is 29.2 Å². The van der Waals surface area contributed by atoms with Gasteiger partial charge in [-0.15, -0.1) is 0 Å². The lowest BCUT2D eigenvalue weighted by Gasteiger charge is -2.52. The summed E-state index contributed by atoms with van der Waals surface area (Å²) in [6, 6.07) is 4.61. The molecule has 0 spiro atoms. The van der Waals surface area contributed by atoms with E-state index in [1.165, 1.54) is 11.1 Å². The van der Waals surface area contributed by atoms with Gasteiger partial charge in [-0.2, -0.15) is 10.2 Å². The van der Waals surface area contributed by atoms with E-state index in [9.17, 15) is 0 Å². The van der Waals surface area contributed by atoms with Gasteiger partial charge in [0.2, 0.25) is 0 Å². The summed E-state index contributed by atoms with van der Waals surface area (Å²) in [5.41, 5.74) is 2.89. The van der Waals surface area contributed by atoms with Crippen LogP contribution in [0.25, 0.3) is 0 Å². The maximum atomic E-state index is 2.61. The molecule has 0 saturated heterocycles. The van der Waals surface area contributed by atoms with E-state index < -0.39 is 10.2 Å². The van der Waals surface area contributed by atoms with Gasteiger partial charge in [0.15, 0.2) is 0 Å². The van der Waals surface area contributed by atoms with Crippen LogP contribution in [0.15, 0.2) is 36.9 Å². The molecule has 0 radical (unpaired) electrons. The third-order valence-electron chi connectivity index (χ3n) is 5.81. The van der Waals surface area contributed by atoms with Crippen molar-refractivity contribution >= 4 is 10.2 Å². The zero-order valence-corrected chi connectivity index (χ0v) is 19.2. The third-order valence-corrected chi connectivity index (χ3v) is 11.3. The number of hydrogen-bond acceptors (Lipinski definition) is 0. The first-order valence-electron chi connectivity index (χ1n) is 10.2. The molecule has 0 aromatic carbocycles. The predicted molar refractivity (Wildman–Crippen MR) is 120 cm³/mol. The molecule has 0 fully saturated rings. The van der Waals surface area contributed by atoms with Crippen LogP contribution in [-0.2, 0) is 6.54 Å². The Morgan fingerprint density at radius 2 is 1.27 bits per heavy atom. The highest BCUT2D eigenvalue weighted by molar-refractivity contribution is 8.33. The van der Waals surface area contributed by atoms with Crippen molar-refractivity contribution in [2.24, 2.45) is 0 Å². The van der Waals surface area contributed by atoms with E-state index >= 15 is 0 Å². The van der Waals surface area contributed by atoms with Crippen LogP contribution in [-0.4, -0.2) is 24.3 Å². The molecular weight excluding hydrogens is 336 g/mol. The Balaban J connectivity index is 2.26. The van der Waals surface area contributed by atoms with Crippen molar-refractivity contribution in [1.29, 1.82) is 0 Å². The zero-order valence-electron chi connectivity index (χ0n) is 18.4. The highest BCUT2D eigenvalue weighted by Crippen LogP contribution is 2.61. The first kappa shape index (κ1) is 21.2. The Labute approximate surface area is 163 Å². The monoisotopic (exact) mass is 376 g/mol. The Hall–Kier alpha value is -1.09. The zero-order chi connectivity index (χ0) is 19.6. The summed E-state index contributed by atoms with van der Waals surface area (Å²) < 4.78 is 4.96. The largest absolute Gasteiger partial charge is 0.353 e. The van der Waals surface area contributed by atoms with Crippen LogP contribution >= 0.6 is 10.2 Å². The van der Waals surface area contributed by atoms with Gasteiger partial charge in [-0.3, -0.25) is 0 Å². The van der Waals surface area contributed by atoms with Gasteiger partial charge in [0, 0.05) is 53.0 Å². The molecule has 2 aromatic rings. The van der Waals surface area contributed by atoms with Crippen LogP contribution < -0.4 is 0 Å². The quantitative estimate of drug-likeness (QED) is 0.469. The number of hydrogen-bond donors (Lipinski definition) is 0. The second-order valence-corrected chi connectivity index (χ2v) is 13.6. The summed E-state index contributed by atoms with van der Waals surface area (Å²) >= 11 is 0. The molecule has 0 aliphatic heterocycles. The fourth-order valence-corrected chi connectivity index (χ4v) is 9.88. The first-order valence-corrected chi connectivity index (χ1v) is 12.0. The van der Waals surface area contributed by atoms with Gasteiger partial charge < -0.3 is 8.54 Å². The van der Waals surface area contributed by atoms with E-state index in [2.05, 4.69) is 108 Å². The molecule has 0 N–H and O–H groups in total. The van der Waals surface area contributed by atoms with E-state index in [1.54, 1.807) is 0 Å². The Kier molecular flexibility index (Phi) is 6.76. The molecule has 2 rings (SSSR count). The molecule has 0 bridgehead atoms. The summed E-state index contributed by atoms with van der Waals surface area (Å²) in [5.74, 6) is 1.12. The minimum atomic E-state index is -0.908. The molecule has 0 saturated carbocycles. The average molecular weight is 377 g/mol. The minimum Gasteiger partial charge on any atom is -0.353 e. The van der Waals surface area contributed by atoms with Gasteiger partial charge in [0.25, 0.3) is 0 Å². The SMILES string of the molecule is CC(C)c1ccn(CC(C)c2ccn(S(C(C)C)(C(C)C)C(C)C)c2)c1. The minimum absolute atomic E-state index is 0.521.